The van der Waals surface area contributed by atoms with Gasteiger partial charge in [-0.05, 0) is 48.0 Å². The van der Waals surface area contributed by atoms with Crippen LogP contribution in [0.25, 0.3) is 23.1 Å². The summed E-state index contributed by atoms with van der Waals surface area (Å²) >= 11 is 0. The normalized spacial score (nSPS) is 12.5. The van der Waals surface area contributed by atoms with Crippen LogP contribution in [0.15, 0.2) is 60.7 Å². The van der Waals surface area contributed by atoms with Gasteiger partial charge in [0.1, 0.15) is 0 Å². The smallest absolute Gasteiger partial charge is 0.271 e. The third-order valence-electron chi connectivity index (χ3n) is 4.77. The van der Waals surface area contributed by atoms with E-state index in [1.165, 1.54) is 12.1 Å². The average Bonchev–Trinajstić information content (AvgIpc) is 3.38. The second kappa shape index (κ2) is 7.25. The van der Waals surface area contributed by atoms with Crippen molar-refractivity contribution in [1.82, 2.24) is 10.2 Å². The fourth-order valence-corrected chi connectivity index (χ4v) is 3.30. The molecule has 0 spiro atoms. The van der Waals surface area contributed by atoms with E-state index in [4.69, 9.17) is 9.47 Å². The van der Waals surface area contributed by atoms with Crippen molar-refractivity contribution in [3.05, 3.63) is 82.0 Å². The Morgan fingerprint density at radius 2 is 1.87 bits per heavy atom. The standard InChI is InChI=1S/C22H16N4O4/c27-26(28)17-3-1-2-15(11-17)23-16-6-7-18-19(24-25-20(18)12-16)8-4-14-5-9-21-22(10-14)30-13-29-21/h1-12,23H,13H2,(H,24,25). The van der Waals surface area contributed by atoms with E-state index in [1.807, 2.05) is 48.6 Å². The van der Waals surface area contributed by atoms with Gasteiger partial charge in [0.25, 0.3) is 5.69 Å². The first-order valence-electron chi connectivity index (χ1n) is 9.23. The number of aromatic nitrogens is 2. The second-order valence-corrected chi connectivity index (χ2v) is 6.75. The lowest BCUT2D eigenvalue weighted by Crippen LogP contribution is -1.92. The van der Waals surface area contributed by atoms with E-state index in [9.17, 15) is 10.1 Å². The van der Waals surface area contributed by atoms with Crippen molar-refractivity contribution >= 4 is 40.1 Å². The maximum atomic E-state index is 10.9. The molecule has 0 atom stereocenters. The highest BCUT2D eigenvalue weighted by Crippen LogP contribution is 2.33. The van der Waals surface area contributed by atoms with Gasteiger partial charge >= 0.3 is 0 Å². The van der Waals surface area contributed by atoms with Crippen molar-refractivity contribution < 1.29 is 14.4 Å². The van der Waals surface area contributed by atoms with Crippen molar-refractivity contribution in [2.75, 3.05) is 12.1 Å². The molecule has 148 valence electrons. The molecule has 8 nitrogen and oxygen atoms in total. The topological polar surface area (TPSA) is 102 Å². The number of ether oxygens (including phenoxy) is 2. The van der Waals surface area contributed by atoms with Crippen molar-refractivity contribution in [2.24, 2.45) is 0 Å². The molecule has 30 heavy (non-hydrogen) atoms. The minimum Gasteiger partial charge on any atom is -0.454 e. The molecular weight excluding hydrogens is 384 g/mol. The first-order chi connectivity index (χ1) is 14.7. The van der Waals surface area contributed by atoms with Crippen molar-refractivity contribution in [1.29, 1.82) is 0 Å². The minimum absolute atomic E-state index is 0.0403. The van der Waals surface area contributed by atoms with Crippen molar-refractivity contribution in [3.63, 3.8) is 0 Å². The lowest BCUT2D eigenvalue weighted by Gasteiger charge is -2.06. The fourth-order valence-electron chi connectivity index (χ4n) is 3.30. The van der Waals surface area contributed by atoms with Crippen LogP contribution < -0.4 is 14.8 Å². The summed E-state index contributed by atoms with van der Waals surface area (Å²) in [5.74, 6) is 1.49. The fraction of sp³-hybridized carbons (Fsp3) is 0.0455. The number of aromatic amines is 1. The summed E-state index contributed by atoms with van der Waals surface area (Å²) in [6.45, 7) is 0.249. The van der Waals surface area contributed by atoms with Crippen LogP contribution in [-0.4, -0.2) is 21.9 Å². The summed E-state index contributed by atoms with van der Waals surface area (Å²) < 4.78 is 10.7. The van der Waals surface area contributed by atoms with Crippen LogP contribution in [0.1, 0.15) is 11.3 Å². The average molecular weight is 400 g/mol. The Bertz CT molecular complexity index is 1300. The van der Waals surface area contributed by atoms with Crippen LogP contribution in [0.4, 0.5) is 17.1 Å². The summed E-state index contributed by atoms with van der Waals surface area (Å²) in [4.78, 5) is 10.5. The molecular formula is C22H16N4O4. The number of benzene rings is 3. The van der Waals surface area contributed by atoms with E-state index in [0.29, 0.717) is 5.69 Å². The Hall–Kier alpha value is -4.33. The van der Waals surface area contributed by atoms with Gasteiger partial charge in [-0.15, -0.1) is 0 Å². The Labute approximate surface area is 170 Å². The number of nitrogens with one attached hydrogen (secondary N) is 2. The molecule has 3 aromatic carbocycles. The number of hydrogen-bond acceptors (Lipinski definition) is 6. The highest BCUT2D eigenvalue weighted by Gasteiger charge is 2.12. The summed E-state index contributed by atoms with van der Waals surface area (Å²) in [5.41, 5.74) is 4.14. The van der Waals surface area contributed by atoms with Crippen LogP contribution in [0.2, 0.25) is 0 Å². The van der Waals surface area contributed by atoms with Crippen LogP contribution in [0.3, 0.4) is 0 Å². The number of anilines is 2. The van der Waals surface area contributed by atoms with E-state index in [0.717, 1.165) is 39.3 Å². The Balaban J connectivity index is 1.37. The Kier molecular flexibility index (Phi) is 4.29. The summed E-state index contributed by atoms with van der Waals surface area (Å²) in [6.07, 6.45) is 3.90. The molecule has 4 aromatic rings. The van der Waals surface area contributed by atoms with Gasteiger partial charge in [0, 0.05) is 28.9 Å². The molecule has 0 radical (unpaired) electrons. The van der Waals surface area contributed by atoms with Gasteiger partial charge in [-0.2, -0.15) is 5.10 Å². The predicted molar refractivity (Wildman–Crippen MR) is 114 cm³/mol. The molecule has 0 amide bonds. The number of H-pyrrole nitrogens is 1. The zero-order valence-corrected chi connectivity index (χ0v) is 15.7. The molecule has 0 bridgehead atoms. The number of nitro groups is 1. The number of hydrogen-bond donors (Lipinski definition) is 2. The van der Waals surface area contributed by atoms with Crippen LogP contribution in [0, 0.1) is 10.1 Å². The first-order valence-corrected chi connectivity index (χ1v) is 9.23. The molecule has 1 aliphatic heterocycles. The largest absolute Gasteiger partial charge is 0.454 e. The van der Waals surface area contributed by atoms with Crippen molar-refractivity contribution in [2.45, 2.75) is 0 Å². The third kappa shape index (κ3) is 3.42. The maximum absolute atomic E-state index is 10.9. The van der Waals surface area contributed by atoms with E-state index < -0.39 is 4.92 Å². The summed E-state index contributed by atoms with van der Waals surface area (Å²) in [6, 6.07) is 17.9. The Morgan fingerprint density at radius 1 is 1.00 bits per heavy atom. The number of nitro benzene ring substituents is 1. The lowest BCUT2D eigenvalue weighted by molar-refractivity contribution is -0.384. The van der Waals surface area contributed by atoms with Gasteiger partial charge < -0.3 is 14.8 Å². The number of nitrogens with zero attached hydrogens (tertiary/aromatic N) is 2. The molecule has 1 aromatic heterocycles. The van der Waals surface area contributed by atoms with Gasteiger partial charge in [0.15, 0.2) is 11.5 Å². The van der Waals surface area contributed by atoms with Crippen molar-refractivity contribution in [3.8, 4) is 11.5 Å². The van der Waals surface area contributed by atoms with Gasteiger partial charge in [-0.3, -0.25) is 15.2 Å². The zero-order valence-electron chi connectivity index (χ0n) is 15.7. The second-order valence-electron chi connectivity index (χ2n) is 6.75. The molecule has 8 heteroatoms. The van der Waals surface area contributed by atoms with E-state index >= 15 is 0 Å². The minimum atomic E-state index is -0.415. The number of rotatable bonds is 5. The highest BCUT2D eigenvalue weighted by atomic mass is 16.7. The van der Waals surface area contributed by atoms with Crippen LogP contribution in [0.5, 0.6) is 11.5 Å². The van der Waals surface area contributed by atoms with E-state index in [-0.39, 0.29) is 12.5 Å². The molecule has 0 fully saturated rings. The van der Waals surface area contributed by atoms with E-state index in [1.54, 1.807) is 12.1 Å². The summed E-state index contributed by atoms with van der Waals surface area (Å²) in [7, 11) is 0. The quantitative estimate of drug-likeness (QED) is 0.356. The molecule has 0 saturated carbocycles. The zero-order chi connectivity index (χ0) is 20.5. The van der Waals surface area contributed by atoms with Gasteiger partial charge in [0.2, 0.25) is 6.79 Å². The van der Waals surface area contributed by atoms with E-state index in [2.05, 4.69) is 15.5 Å². The molecule has 5 rings (SSSR count). The molecule has 0 unspecified atom stereocenters. The van der Waals surface area contributed by atoms with Crippen LogP contribution >= 0.6 is 0 Å². The molecule has 2 N–H and O–H groups in total. The lowest BCUT2D eigenvalue weighted by atomic mass is 10.1. The predicted octanol–water partition coefficient (Wildman–Crippen LogP) is 5.11. The first kappa shape index (κ1) is 17.7. The van der Waals surface area contributed by atoms with Gasteiger partial charge in [-0.1, -0.05) is 18.2 Å². The molecule has 1 aliphatic rings. The monoisotopic (exact) mass is 400 g/mol. The van der Waals surface area contributed by atoms with Crippen LogP contribution in [-0.2, 0) is 0 Å². The molecule has 0 saturated heterocycles. The maximum Gasteiger partial charge on any atom is 0.271 e. The molecule has 0 aliphatic carbocycles. The van der Waals surface area contributed by atoms with Gasteiger partial charge in [0.05, 0.1) is 16.1 Å². The van der Waals surface area contributed by atoms with Gasteiger partial charge in [-0.25, -0.2) is 0 Å². The number of non-ortho nitro benzene ring substituents is 1. The Morgan fingerprint density at radius 3 is 2.77 bits per heavy atom. The third-order valence-corrected chi connectivity index (χ3v) is 4.77. The highest BCUT2D eigenvalue weighted by molar-refractivity contribution is 5.91. The molecule has 2 heterocycles. The SMILES string of the molecule is O=[N+]([O-])c1cccc(Nc2ccc3c(C=Cc4ccc5c(c4)OCO5)n[nH]c3c2)c1. The summed E-state index contributed by atoms with van der Waals surface area (Å²) in [5, 5.41) is 22.5. The number of fused-ring (bicyclic) bond motifs is 2.